The molecule has 0 amide bonds. The third-order valence-corrected chi connectivity index (χ3v) is 2.77. The van der Waals surface area contributed by atoms with E-state index in [0.29, 0.717) is 0 Å². The van der Waals surface area contributed by atoms with Crippen LogP contribution in [0.15, 0.2) is 23.7 Å². The number of esters is 2. The summed E-state index contributed by atoms with van der Waals surface area (Å²) < 4.78 is 19.8. The smallest absolute Gasteiger partial charge is 0.374 e. The lowest BCUT2D eigenvalue weighted by molar-refractivity contribution is -0.171. The summed E-state index contributed by atoms with van der Waals surface area (Å²) in [5.41, 5.74) is 0.121. The van der Waals surface area contributed by atoms with Crippen LogP contribution in [0.25, 0.3) is 0 Å². The molecular weight excluding hydrogens is 228 g/mol. The van der Waals surface area contributed by atoms with Crippen molar-refractivity contribution in [3.8, 4) is 0 Å². The number of rotatable bonds is 2. The van der Waals surface area contributed by atoms with Gasteiger partial charge >= 0.3 is 11.9 Å². The van der Waals surface area contributed by atoms with Gasteiger partial charge in [-0.3, -0.25) is 0 Å². The quantitative estimate of drug-likeness (QED) is 0.654. The van der Waals surface area contributed by atoms with Gasteiger partial charge in [0.25, 0.3) is 5.79 Å². The van der Waals surface area contributed by atoms with Gasteiger partial charge in [0.15, 0.2) is 0 Å². The lowest BCUT2D eigenvalue weighted by Crippen LogP contribution is -2.31. The van der Waals surface area contributed by atoms with Crippen LogP contribution in [0.1, 0.15) is 6.92 Å². The summed E-state index contributed by atoms with van der Waals surface area (Å²) in [6, 6.07) is 0. The van der Waals surface area contributed by atoms with Crippen LogP contribution in [0.5, 0.6) is 0 Å². The molecule has 92 valence electrons. The van der Waals surface area contributed by atoms with Crippen molar-refractivity contribution in [2.75, 3.05) is 14.2 Å². The van der Waals surface area contributed by atoms with Crippen LogP contribution in [-0.2, 0) is 28.5 Å². The topological polar surface area (TPSA) is 71.1 Å². The van der Waals surface area contributed by atoms with Gasteiger partial charge < -0.3 is 18.9 Å². The molecule has 0 unspecified atom stereocenters. The third kappa shape index (κ3) is 1.56. The molecule has 2 heterocycles. The SMILES string of the molecule is COC(=O)C1=C(C(=O)OC)[C@H]2C=CO[C@@]2(C)O1. The number of hydrogen-bond acceptors (Lipinski definition) is 6. The molecule has 0 aromatic carbocycles. The van der Waals surface area contributed by atoms with Crippen LogP contribution >= 0.6 is 0 Å². The van der Waals surface area contributed by atoms with E-state index in [0.717, 1.165) is 0 Å². The summed E-state index contributed by atoms with van der Waals surface area (Å²) in [6.07, 6.45) is 3.07. The molecule has 2 aliphatic heterocycles. The molecule has 0 aromatic heterocycles. The molecule has 6 heteroatoms. The summed E-state index contributed by atoms with van der Waals surface area (Å²) >= 11 is 0. The number of hydrogen-bond donors (Lipinski definition) is 0. The van der Waals surface area contributed by atoms with Crippen LogP contribution in [0.2, 0.25) is 0 Å². The lowest BCUT2D eigenvalue weighted by atomic mass is 9.94. The van der Waals surface area contributed by atoms with E-state index in [1.165, 1.54) is 20.5 Å². The second-order valence-electron chi connectivity index (χ2n) is 3.77. The van der Waals surface area contributed by atoms with E-state index < -0.39 is 23.6 Å². The van der Waals surface area contributed by atoms with E-state index in [2.05, 4.69) is 9.47 Å². The van der Waals surface area contributed by atoms with Crippen molar-refractivity contribution < 1.29 is 28.5 Å². The Morgan fingerprint density at radius 3 is 2.53 bits per heavy atom. The van der Waals surface area contributed by atoms with Crippen LogP contribution in [0.3, 0.4) is 0 Å². The van der Waals surface area contributed by atoms with E-state index >= 15 is 0 Å². The maximum atomic E-state index is 11.7. The van der Waals surface area contributed by atoms with Crippen molar-refractivity contribution in [2.24, 2.45) is 5.92 Å². The van der Waals surface area contributed by atoms with Gasteiger partial charge in [0, 0.05) is 6.92 Å². The molecule has 0 radical (unpaired) electrons. The molecule has 6 nitrogen and oxygen atoms in total. The molecular formula is C11H12O6. The van der Waals surface area contributed by atoms with Crippen molar-refractivity contribution in [3.63, 3.8) is 0 Å². The molecule has 0 fully saturated rings. The Hall–Kier alpha value is -1.98. The monoisotopic (exact) mass is 240 g/mol. The zero-order valence-electron chi connectivity index (χ0n) is 9.68. The van der Waals surface area contributed by atoms with Crippen LogP contribution in [-0.4, -0.2) is 31.9 Å². The predicted octanol–water partition coefficient (Wildman–Crippen LogP) is 0.493. The van der Waals surface area contributed by atoms with E-state index in [1.807, 2.05) is 0 Å². The number of carbonyl (C=O) groups is 2. The van der Waals surface area contributed by atoms with Crippen molar-refractivity contribution in [1.29, 1.82) is 0 Å². The zero-order valence-corrected chi connectivity index (χ0v) is 9.68. The Kier molecular flexibility index (Phi) is 2.57. The second kappa shape index (κ2) is 3.80. The molecule has 0 saturated carbocycles. The molecule has 2 aliphatic rings. The number of carbonyl (C=O) groups excluding carboxylic acids is 2. The second-order valence-corrected chi connectivity index (χ2v) is 3.77. The van der Waals surface area contributed by atoms with Gasteiger partial charge in [0.1, 0.15) is 5.57 Å². The van der Waals surface area contributed by atoms with Gasteiger partial charge in [-0.05, 0) is 6.08 Å². The molecule has 0 N–H and O–H groups in total. The maximum Gasteiger partial charge on any atom is 0.374 e. The van der Waals surface area contributed by atoms with Crippen molar-refractivity contribution in [2.45, 2.75) is 12.7 Å². The number of methoxy groups -OCH3 is 2. The number of fused-ring (bicyclic) bond motifs is 1. The van der Waals surface area contributed by atoms with Crippen LogP contribution < -0.4 is 0 Å². The Morgan fingerprint density at radius 2 is 1.94 bits per heavy atom. The minimum atomic E-state index is -1.08. The molecule has 2 rings (SSSR count). The third-order valence-electron chi connectivity index (χ3n) is 2.77. The van der Waals surface area contributed by atoms with E-state index in [1.54, 1.807) is 13.0 Å². The largest absolute Gasteiger partial charge is 0.466 e. The highest BCUT2D eigenvalue weighted by atomic mass is 16.7. The average Bonchev–Trinajstić information content (AvgIpc) is 2.80. The fourth-order valence-corrected chi connectivity index (χ4v) is 1.92. The average molecular weight is 240 g/mol. The maximum absolute atomic E-state index is 11.7. The fourth-order valence-electron chi connectivity index (χ4n) is 1.92. The van der Waals surface area contributed by atoms with Gasteiger partial charge in [0.05, 0.1) is 26.4 Å². The van der Waals surface area contributed by atoms with Gasteiger partial charge in [-0.2, -0.15) is 0 Å². The first-order valence-electron chi connectivity index (χ1n) is 4.98. The standard InChI is InChI=1S/C11H12O6/c1-11-6(4-5-16-11)7(9(12)14-2)8(17-11)10(13)15-3/h4-6H,1-3H3/t6-,11+/m1/s1. The molecule has 0 spiro atoms. The zero-order chi connectivity index (χ0) is 12.6. The minimum Gasteiger partial charge on any atom is -0.466 e. The molecule has 0 aliphatic carbocycles. The Bertz CT molecular complexity index is 435. The minimum absolute atomic E-state index is 0.121. The van der Waals surface area contributed by atoms with Crippen LogP contribution in [0.4, 0.5) is 0 Å². The highest BCUT2D eigenvalue weighted by Gasteiger charge is 2.54. The molecule has 0 aromatic rings. The molecule has 0 bridgehead atoms. The van der Waals surface area contributed by atoms with Gasteiger partial charge in [-0.15, -0.1) is 0 Å². The van der Waals surface area contributed by atoms with Crippen molar-refractivity contribution >= 4 is 11.9 Å². The van der Waals surface area contributed by atoms with Gasteiger partial charge in [-0.1, -0.05) is 0 Å². The first-order valence-corrected chi connectivity index (χ1v) is 4.98. The summed E-state index contributed by atoms with van der Waals surface area (Å²) in [6.45, 7) is 1.64. The molecule has 0 saturated heterocycles. The lowest BCUT2D eigenvalue weighted by Gasteiger charge is -2.23. The van der Waals surface area contributed by atoms with Crippen molar-refractivity contribution in [3.05, 3.63) is 23.7 Å². The molecule has 17 heavy (non-hydrogen) atoms. The van der Waals surface area contributed by atoms with Crippen LogP contribution in [0, 0.1) is 5.92 Å². The summed E-state index contributed by atoms with van der Waals surface area (Å²) in [7, 11) is 2.44. The fraction of sp³-hybridized carbons (Fsp3) is 0.455. The summed E-state index contributed by atoms with van der Waals surface area (Å²) in [5.74, 6) is -3.06. The first kappa shape index (κ1) is 11.5. The highest BCUT2D eigenvalue weighted by Crippen LogP contribution is 2.45. The van der Waals surface area contributed by atoms with Gasteiger partial charge in [-0.25, -0.2) is 9.59 Å². The Balaban J connectivity index is 2.46. The number of ether oxygens (including phenoxy) is 4. The highest BCUT2D eigenvalue weighted by molar-refractivity contribution is 6.00. The Labute approximate surface area is 97.8 Å². The van der Waals surface area contributed by atoms with Gasteiger partial charge in [0.2, 0.25) is 5.76 Å². The first-order chi connectivity index (χ1) is 8.03. The summed E-state index contributed by atoms with van der Waals surface area (Å²) in [4.78, 5) is 23.2. The molecule has 2 atom stereocenters. The van der Waals surface area contributed by atoms with Crippen molar-refractivity contribution in [1.82, 2.24) is 0 Å². The predicted molar refractivity (Wildman–Crippen MR) is 54.3 cm³/mol. The Morgan fingerprint density at radius 1 is 1.29 bits per heavy atom. The normalized spacial score (nSPS) is 29.5. The van der Waals surface area contributed by atoms with E-state index in [4.69, 9.17) is 9.47 Å². The van der Waals surface area contributed by atoms with E-state index in [-0.39, 0.29) is 11.3 Å². The van der Waals surface area contributed by atoms with E-state index in [9.17, 15) is 9.59 Å². The summed E-state index contributed by atoms with van der Waals surface area (Å²) in [5, 5.41) is 0.